The van der Waals surface area contributed by atoms with Crippen LogP contribution in [0.25, 0.3) is 11.5 Å². The van der Waals surface area contributed by atoms with Crippen LogP contribution in [-0.4, -0.2) is 37.3 Å². The van der Waals surface area contributed by atoms with Crippen molar-refractivity contribution in [2.24, 2.45) is 0 Å². The lowest BCUT2D eigenvalue weighted by molar-refractivity contribution is -0.136. The van der Waals surface area contributed by atoms with Gasteiger partial charge in [-0.2, -0.15) is 0 Å². The molecule has 2 heterocycles. The van der Waals surface area contributed by atoms with Gasteiger partial charge in [0.15, 0.2) is 0 Å². The monoisotopic (exact) mass is 375 g/mol. The maximum Gasteiger partial charge on any atom is 0.312 e. The van der Waals surface area contributed by atoms with E-state index in [9.17, 15) is 4.79 Å². The molecule has 0 spiro atoms. The van der Waals surface area contributed by atoms with E-state index < -0.39 is 5.97 Å². The molecular formula is C20H17N5O3. The third kappa shape index (κ3) is 3.83. The third-order valence-electron chi connectivity index (χ3n) is 4.41. The Morgan fingerprint density at radius 2 is 2.04 bits per heavy atom. The Morgan fingerprint density at radius 3 is 2.79 bits per heavy atom. The molecule has 1 aromatic carbocycles. The molecule has 0 amide bonds. The highest BCUT2D eigenvalue weighted by molar-refractivity contribution is 5.68. The summed E-state index contributed by atoms with van der Waals surface area (Å²) in [7, 11) is 0. The third-order valence-corrected chi connectivity index (χ3v) is 4.41. The first-order valence-corrected chi connectivity index (χ1v) is 8.78. The minimum atomic E-state index is -1.03. The summed E-state index contributed by atoms with van der Waals surface area (Å²) in [6, 6.07) is 6.54. The fourth-order valence-corrected chi connectivity index (χ4v) is 3.21. The minimum absolute atomic E-state index is 0.0422. The van der Waals surface area contributed by atoms with E-state index >= 15 is 0 Å². The van der Waals surface area contributed by atoms with E-state index in [2.05, 4.69) is 49.5 Å². The topological polar surface area (TPSA) is 114 Å². The maximum absolute atomic E-state index is 10.7. The van der Waals surface area contributed by atoms with Crippen LogP contribution in [0.5, 0.6) is 0 Å². The van der Waals surface area contributed by atoms with E-state index in [4.69, 9.17) is 9.52 Å². The largest absolute Gasteiger partial charge is 0.481 e. The molecule has 2 aromatic heterocycles. The van der Waals surface area contributed by atoms with Gasteiger partial charge in [0.25, 0.3) is 5.89 Å². The summed E-state index contributed by atoms with van der Waals surface area (Å²) in [4.78, 5) is 19.3. The number of aromatic nitrogens is 4. The second-order valence-electron chi connectivity index (χ2n) is 6.47. The Morgan fingerprint density at radius 1 is 1.25 bits per heavy atom. The maximum atomic E-state index is 10.7. The molecule has 0 saturated carbocycles. The van der Waals surface area contributed by atoms with Gasteiger partial charge in [-0.15, -0.1) is 16.1 Å². The predicted molar refractivity (Wildman–Crippen MR) is 100 cm³/mol. The number of carboxylic acid groups (broad SMARTS) is 1. The molecule has 3 aromatic rings. The smallest absolute Gasteiger partial charge is 0.312 e. The first-order chi connectivity index (χ1) is 13.6. The van der Waals surface area contributed by atoms with Crippen molar-refractivity contribution < 1.29 is 14.3 Å². The lowest BCUT2D eigenvalue weighted by Crippen LogP contribution is -2.20. The number of hydrogen-bond donors (Lipinski definition) is 2. The van der Waals surface area contributed by atoms with Crippen LogP contribution in [0, 0.1) is 11.8 Å². The summed E-state index contributed by atoms with van der Waals surface area (Å²) in [5, 5.41) is 19.6. The summed E-state index contributed by atoms with van der Waals surface area (Å²) in [6.07, 6.45) is 4.63. The highest BCUT2D eigenvalue weighted by Gasteiger charge is 2.22. The molecule has 2 N–H and O–H groups in total. The van der Waals surface area contributed by atoms with Gasteiger partial charge >= 0.3 is 5.97 Å². The lowest BCUT2D eigenvalue weighted by atomic mass is 10.1. The van der Waals surface area contributed by atoms with Gasteiger partial charge < -0.3 is 14.8 Å². The van der Waals surface area contributed by atoms with Crippen LogP contribution in [0.4, 0.5) is 5.95 Å². The molecule has 0 radical (unpaired) electrons. The summed E-state index contributed by atoms with van der Waals surface area (Å²) >= 11 is 0. The molecule has 1 atom stereocenters. The highest BCUT2D eigenvalue weighted by atomic mass is 16.4. The molecule has 0 bridgehead atoms. The number of hydrogen-bond acceptors (Lipinski definition) is 7. The summed E-state index contributed by atoms with van der Waals surface area (Å²) in [6.45, 7) is 1.83. The lowest BCUT2D eigenvalue weighted by Gasteiger charge is -2.11. The van der Waals surface area contributed by atoms with Crippen molar-refractivity contribution in [2.75, 3.05) is 5.32 Å². The van der Waals surface area contributed by atoms with Gasteiger partial charge in [-0.05, 0) is 43.0 Å². The number of anilines is 1. The zero-order chi connectivity index (χ0) is 19.5. The van der Waals surface area contributed by atoms with E-state index in [0.29, 0.717) is 11.5 Å². The number of nitrogens with zero attached hydrogens (tertiary/aromatic N) is 4. The van der Waals surface area contributed by atoms with Crippen molar-refractivity contribution in [1.82, 2.24) is 20.2 Å². The molecule has 0 saturated heterocycles. The molecule has 8 nitrogen and oxygen atoms in total. The van der Waals surface area contributed by atoms with Crippen LogP contribution in [0.3, 0.4) is 0 Å². The molecule has 0 fully saturated rings. The number of aliphatic carboxylic acids is 1. The summed E-state index contributed by atoms with van der Waals surface area (Å²) < 4.78 is 5.31. The number of carbonyl (C=O) groups is 1. The van der Waals surface area contributed by atoms with E-state index in [1.54, 1.807) is 12.4 Å². The second-order valence-corrected chi connectivity index (χ2v) is 6.47. The van der Waals surface area contributed by atoms with Crippen molar-refractivity contribution in [3.05, 3.63) is 53.2 Å². The summed E-state index contributed by atoms with van der Waals surface area (Å²) in [5.74, 6) is 5.73. The number of nitrogens with one attached hydrogen (secondary N) is 1. The van der Waals surface area contributed by atoms with Crippen molar-refractivity contribution in [3.63, 3.8) is 0 Å². The van der Waals surface area contributed by atoms with Gasteiger partial charge in [0, 0.05) is 24.0 Å². The van der Waals surface area contributed by atoms with E-state index in [0.717, 1.165) is 18.4 Å². The number of fused-ring (bicyclic) bond motifs is 1. The van der Waals surface area contributed by atoms with Crippen LogP contribution in [0.15, 0.2) is 35.0 Å². The molecule has 8 heteroatoms. The SMILES string of the molecule is CC#Cc1ccc2c(c1)CC(Nc1ncc(-c3nnc(CC(=O)O)o3)cn1)C2. The van der Waals surface area contributed by atoms with Gasteiger partial charge in [0.05, 0.1) is 5.56 Å². The molecule has 4 rings (SSSR count). The van der Waals surface area contributed by atoms with Gasteiger partial charge in [-0.3, -0.25) is 4.79 Å². The fourth-order valence-electron chi connectivity index (χ4n) is 3.21. The Labute approximate surface area is 161 Å². The zero-order valence-corrected chi connectivity index (χ0v) is 15.1. The molecule has 0 aliphatic heterocycles. The average molecular weight is 375 g/mol. The van der Waals surface area contributed by atoms with Gasteiger partial charge in [-0.1, -0.05) is 12.0 Å². The number of rotatable bonds is 5. The van der Waals surface area contributed by atoms with Gasteiger partial charge in [-0.25, -0.2) is 9.97 Å². The molecule has 28 heavy (non-hydrogen) atoms. The Hall–Kier alpha value is -3.73. The van der Waals surface area contributed by atoms with Crippen molar-refractivity contribution >= 4 is 11.9 Å². The van der Waals surface area contributed by atoms with Crippen molar-refractivity contribution in [3.8, 4) is 23.3 Å². The van der Waals surface area contributed by atoms with E-state index in [1.165, 1.54) is 11.1 Å². The van der Waals surface area contributed by atoms with Crippen LogP contribution >= 0.6 is 0 Å². The Bertz CT molecular complexity index is 1080. The predicted octanol–water partition coefficient (Wildman–Crippen LogP) is 2.10. The van der Waals surface area contributed by atoms with Crippen LogP contribution in [0.2, 0.25) is 0 Å². The quantitative estimate of drug-likeness (QED) is 0.652. The second kappa shape index (κ2) is 7.48. The minimum Gasteiger partial charge on any atom is -0.481 e. The fraction of sp³-hybridized carbons (Fsp3) is 0.250. The zero-order valence-electron chi connectivity index (χ0n) is 15.1. The Kier molecular flexibility index (Phi) is 4.72. The first kappa shape index (κ1) is 17.7. The molecular weight excluding hydrogens is 358 g/mol. The highest BCUT2D eigenvalue weighted by Crippen LogP contribution is 2.25. The molecule has 140 valence electrons. The molecule has 1 aliphatic carbocycles. The Balaban J connectivity index is 1.41. The van der Waals surface area contributed by atoms with Crippen molar-refractivity contribution in [1.29, 1.82) is 0 Å². The molecule has 1 aliphatic rings. The summed E-state index contributed by atoms with van der Waals surface area (Å²) in [5.41, 5.74) is 4.18. The number of carboxylic acids is 1. The number of benzene rings is 1. The van der Waals surface area contributed by atoms with Crippen LogP contribution < -0.4 is 5.32 Å². The van der Waals surface area contributed by atoms with Gasteiger partial charge in [0.1, 0.15) is 6.42 Å². The van der Waals surface area contributed by atoms with Crippen LogP contribution in [0.1, 0.15) is 29.5 Å². The molecule has 1 unspecified atom stereocenters. The average Bonchev–Trinajstić information content (AvgIpc) is 3.28. The van der Waals surface area contributed by atoms with Crippen molar-refractivity contribution in [2.45, 2.75) is 32.2 Å². The normalized spacial score (nSPS) is 14.8. The first-order valence-electron chi connectivity index (χ1n) is 8.78. The van der Waals surface area contributed by atoms with E-state index in [-0.39, 0.29) is 24.2 Å². The standard InChI is InChI=1S/C20H17N5O3/c1-2-3-12-4-5-13-7-16(8-14(13)6-12)23-20-21-10-15(11-22-20)19-25-24-17(28-19)9-18(26)27/h4-6,10-11,16H,7-9H2,1H3,(H,26,27)(H,21,22,23). The van der Waals surface area contributed by atoms with Crippen LogP contribution in [-0.2, 0) is 24.1 Å². The van der Waals surface area contributed by atoms with Gasteiger partial charge in [0.2, 0.25) is 11.8 Å². The van der Waals surface area contributed by atoms with E-state index in [1.807, 2.05) is 13.0 Å².